The van der Waals surface area contributed by atoms with Gasteiger partial charge in [0.25, 0.3) is 0 Å². The lowest BCUT2D eigenvalue weighted by atomic mass is 10.0. The minimum atomic E-state index is 0.573. The maximum atomic E-state index is 5.19. The van der Waals surface area contributed by atoms with Gasteiger partial charge in [-0.3, -0.25) is 0 Å². The fraction of sp³-hybridized carbons (Fsp3) is 0.133. The van der Waals surface area contributed by atoms with Gasteiger partial charge < -0.3 is 4.84 Å². The largest absolute Gasteiger partial charge is 0.396 e. The molecule has 2 nitrogen and oxygen atoms in total. The van der Waals surface area contributed by atoms with Crippen LogP contribution in [0.5, 0.6) is 0 Å². The van der Waals surface area contributed by atoms with Crippen molar-refractivity contribution in [1.29, 1.82) is 0 Å². The Kier molecular flexibility index (Phi) is 3.92. The number of nitrogens with zero attached hydrogens (tertiary/aromatic N) is 1. The minimum Gasteiger partial charge on any atom is -0.396 e. The van der Waals surface area contributed by atoms with E-state index in [1.165, 1.54) is 0 Å². The molecule has 0 N–H and O–H groups in total. The van der Waals surface area contributed by atoms with Crippen molar-refractivity contribution in [2.75, 3.05) is 6.61 Å². The van der Waals surface area contributed by atoms with E-state index >= 15 is 0 Å². The van der Waals surface area contributed by atoms with Crippen LogP contribution < -0.4 is 0 Å². The lowest BCUT2D eigenvalue weighted by Gasteiger charge is -2.06. The van der Waals surface area contributed by atoms with E-state index in [9.17, 15) is 0 Å². The molecule has 0 aliphatic carbocycles. The zero-order chi connectivity index (χ0) is 11.9. The quantitative estimate of drug-likeness (QED) is 0.576. The highest BCUT2D eigenvalue weighted by Crippen LogP contribution is 2.10. The van der Waals surface area contributed by atoms with Crippen molar-refractivity contribution in [3.63, 3.8) is 0 Å². The molecular formula is C15H15NO. The first-order valence-electron chi connectivity index (χ1n) is 5.72. The number of rotatable bonds is 4. The normalized spacial score (nSPS) is 9.71. The number of hydrogen-bond acceptors (Lipinski definition) is 2. The van der Waals surface area contributed by atoms with E-state index in [1.54, 1.807) is 0 Å². The van der Waals surface area contributed by atoms with Gasteiger partial charge in [-0.2, -0.15) is 0 Å². The van der Waals surface area contributed by atoms with E-state index in [-0.39, 0.29) is 0 Å². The van der Waals surface area contributed by atoms with E-state index in [4.69, 9.17) is 4.84 Å². The van der Waals surface area contributed by atoms with Gasteiger partial charge in [0.2, 0.25) is 0 Å². The molecule has 2 aromatic carbocycles. The third-order valence-electron chi connectivity index (χ3n) is 2.38. The summed E-state index contributed by atoms with van der Waals surface area (Å²) in [5, 5.41) is 4.20. The molecule has 2 heteroatoms. The second-order valence-electron chi connectivity index (χ2n) is 3.59. The van der Waals surface area contributed by atoms with Gasteiger partial charge in [0.1, 0.15) is 12.3 Å². The third kappa shape index (κ3) is 2.94. The van der Waals surface area contributed by atoms with Crippen molar-refractivity contribution < 1.29 is 4.84 Å². The molecule has 0 aromatic heterocycles. The highest BCUT2D eigenvalue weighted by Gasteiger charge is 2.06. The van der Waals surface area contributed by atoms with Gasteiger partial charge in [0, 0.05) is 11.1 Å². The van der Waals surface area contributed by atoms with Gasteiger partial charge in [0.15, 0.2) is 0 Å². The fourth-order valence-corrected chi connectivity index (χ4v) is 1.59. The number of benzene rings is 2. The Hall–Kier alpha value is -2.09. The molecule has 0 atom stereocenters. The number of oxime groups is 1. The molecule has 86 valence electrons. The summed E-state index contributed by atoms with van der Waals surface area (Å²) in [6.07, 6.45) is 0. The summed E-state index contributed by atoms with van der Waals surface area (Å²) < 4.78 is 0. The van der Waals surface area contributed by atoms with Crippen LogP contribution in [0, 0.1) is 0 Å². The Labute approximate surface area is 102 Å². The average molecular weight is 225 g/mol. The van der Waals surface area contributed by atoms with E-state index in [2.05, 4.69) is 5.16 Å². The summed E-state index contributed by atoms with van der Waals surface area (Å²) >= 11 is 0. The third-order valence-corrected chi connectivity index (χ3v) is 2.38. The van der Waals surface area contributed by atoms with Gasteiger partial charge in [-0.1, -0.05) is 65.8 Å². The molecule has 0 amide bonds. The molecule has 0 spiro atoms. The molecule has 0 aliphatic rings. The summed E-state index contributed by atoms with van der Waals surface area (Å²) in [5.74, 6) is 0. The topological polar surface area (TPSA) is 21.6 Å². The van der Waals surface area contributed by atoms with Crippen LogP contribution in [0.3, 0.4) is 0 Å². The first kappa shape index (κ1) is 11.4. The molecule has 0 saturated carbocycles. The van der Waals surface area contributed by atoms with E-state index < -0.39 is 0 Å². The van der Waals surface area contributed by atoms with Crippen molar-refractivity contribution >= 4 is 5.71 Å². The summed E-state index contributed by atoms with van der Waals surface area (Å²) in [4.78, 5) is 5.19. The van der Waals surface area contributed by atoms with Gasteiger partial charge in [-0.15, -0.1) is 0 Å². The van der Waals surface area contributed by atoms with Crippen molar-refractivity contribution in [3.8, 4) is 0 Å². The van der Waals surface area contributed by atoms with Gasteiger partial charge in [-0.05, 0) is 6.92 Å². The molecule has 0 unspecified atom stereocenters. The smallest absolute Gasteiger partial charge is 0.117 e. The lowest BCUT2D eigenvalue weighted by molar-refractivity contribution is 0.159. The summed E-state index contributed by atoms with van der Waals surface area (Å²) in [5.41, 5.74) is 2.99. The monoisotopic (exact) mass is 225 g/mol. The Morgan fingerprint density at radius 3 is 1.76 bits per heavy atom. The predicted molar refractivity (Wildman–Crippen MR) is 70.1 cm³/mol. The van der Waals surface area contributed by atoms with Gasteiger partial charge >= 0.3 is 0 Å². The van der Waals surface area contributed by atoms with Crippen LogP contribution in [-0.4, -0.2) is 12.3 Å². The molecule has 0 radical (unpaired) electrons. The van der Waals surface area contributed by atoms with Crippen LogP contribution in [0.4, 0.5) is 0 Å². The van der Waals surface area contributed by atoms with Crippen LogP contribution in [0.1, 0.15) is 18.1 Å². The van der Waals surface area contributed by atoms with Crippen molar-refractivity contribution in [2.24, 2.45) is 5.16 Å². The van der Waals surface area contributed by atoms with Gasteiger partial charge in [-0.25, -0.2) is 0 Å². The Morgan fingerprint density at radius 1 is 0.882 bits per heavy atom. The van der Waals surface area contributed by atoms with E-state index in [0.29, 0.717) is 6.61 Å². The Bertz CT molecular complexity index is 435. The summed E-state index contributed by atoms with van der Waals surface area (Å²) in [7, 11) is 0. The fourth-order valence-electron chi connectivity index (χ4n) is 1.59. The maximum absolute atomic E-state index is 5.19. The average Bonchev–Trinajstić information content (AvgIpc) is 2.42. The molecule has 0 aliphatic heterocycles. The van der Waals surface area contributed by atoms with Crippen LogP contribution in [0.2, 0.25) is 0 Å². The summed E-state index contributed by atoms with van der Waals surface area (Å²) in [6.45, 7) is 2.50. The van der Waals surface area contributed by atoms with Crippen molar-refractivity contribution in [2.45, 2.75) is 6.92 Å². The van der Waals surface area contributed by atoms with Crippen molar-refractivity contribution in [1.82, 2.24) is 0 Å². The highest BCUT2D eigenvalue weighted by atomic mass is 16.6. The maximum Gasteiger partial charge on any atom is 0.117 e. The zero-order valence-electron chi connectivity index (χ0n) is 9.84. The molecule has 0 heterocycles. The molecule has 0 fully saturated rings. The van der Waals surface area contributed by atoms with Crippen LogP contribution in [0.15, 0.2) is 65.8 Å². The van der Waals surface area contributed by atoms with Crippen LogP contribution >= 0.6 is 0 Å². The molecule has 0 bridgehead atoms. The number of hydrogen-bond donors (Lipinski definition) is 0. The summed E-state index contributed by atoms with van der Waals surface area (Å²) in [6, 6.07) is 20.1. The second-order valence-corrected chi connectivity index (χ2v) is 3.59. The zero-order valence-corrected chi connectivity index (χ0v) is 9.84. The molecule has 0 saturated heterocycles. The molecular weight excluding hydrogens is 210 g/mol. The van der Waals surface area contributed by atoms with E-state index in [0.717, 1.165) is 16.8 Å². The minimum absolute atomic E-state index is 0.573. The first-order chi connectivity index (χ1) is 8.42. The highest BCUT2D eigenvalue weighted by molar-refractivity contribution is 6.12. The molecule has 2 aromatic rings. The van der Waals surface area contributed by atoms with Gasteiger partial charge in [0.05, 0.1) is 0 Å². The Morgan fingerprint density at radius 2 is 1.35 bits per heavy atom. The standard InChI is InChI=1S/C15H15NO/c1-2-17-16-15(13-9-5-3-6-10-13)14-11-7-4-8-12-14/h3-12H,2H2,1H3. The Balaban J connectivity index is 2.40. The van der Waals surface area contributed by atoms with E-state index in [1.807, 2.05) is 67.6 Å². The first-order valence-corrected chi connectivity index (χ1v) is 5.72. The predicted octanol–water partition coefficient (Wildman–Crippen LogP) is 3.48. The lowest BCUT2D eigenvalue weighted by Crippen LogP contribution is -2.04. The second kappa shape index (κ2) is 5.85. The van der Waals surface area contributed by atoms with Crippen LogP contribution in [0.25, 0.3) is 0 Å². The molecule has 17 heavy (non-hydrogen) atoms. The van der Waals surface area contributed by atoms with Crippen molar-refractivity contribution in [3.05, 3.63) is 71.8 Å². The SMILES string of the molecule is CCON=C(c1ccccc1)c1ccccc1. The molecule has 2 rings (SSSR count). The van der Waals surface area contributed by atoms with Crippen LogP contribution in [-0.2, 0) is 4.84 Å².